The Bertz CT molecular complexity index is 476. The summed E-state index contributed by atoms with van der Waals surface area (Å²) in [6, 6.07) is 0. The molecule has 0 bridgehead atoms. The summed E-state index contributed by atoms with van der Waals surface area (Å²) in [5.74, 6) is 0. The van der Waals surface area contributed by atoms with Gasteiger partial charge in [0.05, 0.1) is 11.3 Å². The zero-order valence-electron chi connectivity index (χ0n) is 16.2. The second kappa shape index (κ2) is 19.4. The Hall–Kier alpha value is -1.97. The zero-order chi connectivity index (χ0) is 19.3. The Labute approximate surface area is 158 Å². The molecule has 1 radical (unpaired) electrons. The van der Waals surface area contributed by atoms with Crippen molar-refractivity contribution in [3.8, 4) is 0 Å². The topological polar surface area (TPSA) is 60.2 Å². The molecule has 0 spiro atoms. The van der Waals surface area contributed by atoms with Crippen LogP contribution in [0.1, 0.15) is 84.0 Å². The van der Waals surface area contributed by atoms with Gasteiger partial charge in [0.2, 0.25) is 5.70 Å². The summed E-state index contributed by atoms with van der Waals surface area (Å²) in [6.45, 7) is 2.18. The van der Waals surface area contributed by atoms with E-state index in [4.69, 9.17) is 0 Å². The molecule has 0 aliphatic rings. The van der Waals surface area contributed by atoms with Gasteiger partial charge in [0.1, 0.15) is 0 Å². The van der Waals surface area contributed by atoms with Crippen molar-refractivity contribution in [2.75, 3.05) is 0 Å². The lowest BCUT2D eigenvalue weighted by Gasteiger charge is -1.94. The van der Waals surface area contributed by atoms with Gasteiger partial charge in [-0.1, -0.05) is 62.6 Å². The van der Waals surface area contributed by atoms with Crippen molar-refractivity contribution >= 4 is 6.29 Å². The van der Waals surface area contributed by atoms with E-state index in [1.54, 1.807) is 6.08 Å². The molecule has 4 heteroatoms. The molecular weight excluding hydrogens is 326 g/mol. The molecule has 0 saturated carbocycles. The van der Waals surface area contributed by atoms with Crippen molar-refractivity contribution in [2.45, 2.75) is 84.0 Å². The molecule has 0 aromatic carbocycles. The minimum atomic E-state index is -0.290. The average molecular weight is 361 g/mol. The molecule has 26 heavy (non-hydrogen) atoms. The summed E-state index contributed by atoms with van der Waals surface area (Å²) >= 11 is 0. The van der Waals surface area contributed by atoms with Crippen LogP contribution in [0.15, 0.2) is 48.2 Å². The average Bonchev–Trinajstić information content (AvgIpc) is 2.63. The summed E-state index contributed by atoms with van der Waals surface area (Å²) in [7, 11) is 0. The number of hydrogen-bond acceptors (Lipinski definition) is 3. The maximum atomic E-state index is 11.1. The smallest absolute Gasteiger partial charge is 0.246 e. The Morgan fingerprint density at radius 2 is 1.54 bits per heavy atom. The van der Waals surface area contributed by atoms with E-state index in [0.717, 1.165) is 38.5 Å². The van der Waals surface area contributed by atoms with Gasteiger partial charge in [0, 0.05) is 6.42 Å². The van der Waals surface area contributed by atoms with Crippen molar-refractivity contribution in [3.05, 3.63) is 58.3 Å². The van der Waals surface area contributed by atoms with Crippen LogP contribution in [-0.4, -0.2) is 11.2 Å². The molecular formula is C22H34NO3. The van der Waals surface area contributed by atoms with Gasteiger partial charge in [0.15, 0.2) is 6.29 Å². The normalized spacial score (nSPS) is 12.6. The molecule has 0 aliphatic carbocycles. The largest absolute Gasteiger partial charge is 0.291 e. The molecule has 0 aliphatic heterocycles. The maximum absolute atomic E-state index is 11.1. The first kappa shape index (κ1) is 24.0. The van der Waals surface area contributed by atoms with E-state index in [-0.39, 0.29) is 10.6 Å². The second-order valence-corrected chi connectivity index (χ2v) is 6.28. The summed E-state index contributed by atoms with van der Waals surface area (Å²) in [5.41, 5.74) is 0.260. The van der Waals surface area contributed by atoms with Crippen molar-refractivity contribution < 1.29 is 9.72 Å². The Kier molecular flexibility index (Phi) is 17.9. The number of nitro groups is 1. The van der Waals surface area contributed by atoms with Crippen molar-refractivity contribution in [1.82, 2.24) is 0 Å². The monoisotopic (exact) mass is 360 g/mol. The fourth-order valence-corrected chi connectivity index (χ4v) is 2.39. The molecule has 145 valence electrons. The standard InChI is InChI=1S/C22H34NO3/c1-2-3-4-5-10-13-16-19-22(23(25)26)20-17-14-11-8-6-7-9-12-15-18-21-24/h6,8,10,13-14,17,19H,2-5,7,9,11-12,15-16,18,20H2,1H3/b8-6-,13-10-,17-14-,22-19+. The first-order chi connectivity index (χ1) is 12.7. The van der Waals surface area contributed by atoms with Crippen LogP contribution < -0.4 is 0 Å². The molecule has 0 rings (SSSR count). The molecule has 0 aromatic heterocycles. The van der Waals surface area contributed by atoms with E-state index >= 15 is 0 Å². The lowest BCUT2D eigenvalue weighted by molar-refractivity contribution is -0.427. The van der Waals surface area contributed by atoms with Crippen LogP contribution in [0.25, 0.3) is 0 Å². The van der Waals surface area contributed by atoms with Crippen LogP contribution in [0.3, 0.4) is 0 Å². The van der Waals surface area contributed by atoms with Crippen LogP contribution in [0.5, 0.6) is 0 Å². The van der Waals surface area contributed by atoms with Gasteiger partial charge < -0.3 is 0 Å². The van der Waals surface area contributed by atoms with Crippen molar-refractivity contribution in [2.24, 2.45) is 0 Å². The summed E-state index contributed by atoms with van der Waals surface area (Å²) in [4.78, 5) is 20.8. The van der Waals surface area contributed by atoms with E-state index in [1.165, 1.54) is 19.3 Å². The molecule has 0 amide bonds. The van der Waals surface area contributed by atoms with Crippen LogP contribution in [0, 0.1) is 10.1 Å². The third-order valence-electron chi connectivity index (χ3n) is 3.95. The van der Waals surface area contributed by atoms with Crippen molar-refractivity contribution in [3.63, 3.8) is 0 Å². The predicted molar refractivity (Wildman–Crippen MR) is 109 cm³/mol. The van der Waals surface area contributed by atoms with Gasteiger partial charge in [-0.25, -0.2) is 0 Å². The first-order valence-electron chi connectivity index (χ1n) is 9.85. The van der Waals surface area contributed by atoms with E-state index in [2.05, 4.69) is 25.2 Å². The van der Waals surface area contributed by atoms with Gasteiger partial charge >= 0.3 is 0 Å². The highest BCUT2D eigenvalue weighted by Crippen LogP contribution is 2.08. The third kappa shape index (κ3) is 16.9. The number of hydrogen-bond donors (Lipinski definition) is 0. The molecule has 0 atom stereocenters. The lowest BCUT2D eigenvalue weighted by atomic mass is 10.1. The molecule has 0 N–H and O–H groups in total. The Morgan fingerprint density at radius 1 is 0.885 bits per heavy atom. The second-order valence-electron chi connectivity index (χ2n) is 6.28. The first-order valence-corrected chi connectivity index (χ1v) is 9.85. The van der Waals surface area contributed by atoms with E-state index in [9.17, 15) is 14.9 Å². The number of nitrogens with zero attached hydrogens (tertiary/aromatic N) is 1. The minimum Gasteiger partial charge on any atom is -0.291 e. The Morgan fingerprint density at radius 3 is 2.19 bits per heavy atom. The number of allylic oxidation sites excluding steroid dienone is 7. The number of unbranched alkanes of at least 4 members (excludes halogenated alkanes) is 7. The molecule has 0 heterocycles. The fraction of sp³-hybridized carbons (Fsp3) is 0.591. The molecule has 4 nitrogen and oxygen atoms in total. The molecule has 0 unspecified atom stereocenters. The van der Waals surface area contributed by atoms with E-state index < -0.39 is 0 Å². The highest BCUT2D eigenvalue weighted by molar-refractivity contribution is 5.50. The minimum absolute atomic E-state index is 0.260. The number of carbonyl (C=O) groups excluding carboxylic acids is 1. The van der Waals surface area contributed by atoms with E-state index in [0.29, 0.717) is 19.3 Å². The van der Waals surface area contributed by atoms with Gasteiger partial charge in [0.25, 0.3) is 0 Å². The van der Waals surface area contributed by atoms with Gasteiger partial charge in [-0.15, -0.1) is 0 Å². The van der Waals surface area contributed by atoms with Gasteiger partial charge in [-0.2, -0.15) is 0 Å². The zero-order valence-corrected chi connectivity index (χ0v) is 16.2. The third-order valence-corrected chi connectivity index (χ3v) is 3.95. The predicted octanol–water partition coefficient (Wildman–Crippen LogP) is 6.63. The van der Waals surface area contributed by atoms with Crippen LogP contribution in [0.4, 0.5) is 0 Å². The molecule has 0 saturated heterocycles. The summed E-state index contributed by atoms with van der Waals surface area (Å²) in [6.07, 6.45) is 26.8. The fourth-order valence-electron chi connectivity index (χ4n) is 2.39. The van der Waals surface area contributed by atoms with Gasteiger partial charge in [-0.05, 0) is 51.0 Å². The highest BCUT2D eigenvalue weighted by atomic mass is 16.6. The van der Waals surface area contributed by atoms with Crippen LogP contribution in [-0.2, 0) is 4.79 Å². The summed E-state index contributed by atoms with van der Waals surface area (Å²) < 4.78 is 0. The quantitative estimate of drug-likeness (QED) is 0.127. The van der Waals surface area contributed by atoms with Gasteiger partial charge in [-0.3, -0.25) is 14.9 Å². The Balaban J connectivity index is 3.93. The molecule has 0 fully saturated rings. The SMILES string of the molecule is CCCCC/C=C\C/C=C(\C/C=C\C/C=C\CCCCC[C]=O)[N+](=O)[O-]. The number of rotatable bonds is 17. The van der Waals surface area contributed by atoms with E-state index in [1.807, 2.05) is 24.5 Å². The summed E-state index contributed by atoms with van der Waals surface area (Å²) in [5, 5.41) is 11.1. The van der Waals surface area contributed by atoms with Crippen LogP contribution >= 0.6 is 0 Å². The molecule has 0 aromatic rings. The highest BCUT2D eigenvalue weighted by Gasteiger charge is 2.06. The lowest BCUT2D eigenvalue weighted by Crippen LogP contribution is -1.97. The van der Waals surface area contributed by atoms with Crippen LogP contribution in [0.2, 0.25) is 0 Å². The maximum Gasteiger partial charge on any atom is 0.246 e. The van der Waals surface area contributed by atoms with Crippen molar-refractivity contribution in [1.29, 1.82) is 0 Å².